The molecule has 148 valence electrons. The SMILES string of the molecule is C=C/C(=C\CC)c1cc2c(cc1OC)ncc1c2n(-c2cn(C)cn2)c(=O)n1C. The number of aryl methyl sites for hydroxylation is 2. The van der Waals surface area contributed by atoms with Crippen molar-refractivity contribution in [2.45, 2.75) is 13.3 Å². The molecule has 0 atom stereocenters. The van der Waals surface area contributed by atoms with E-state index < -0.39 is 0 Å². The highest BCUT2D eigenvalue weighted by Crippen LogP contribution is 2.34. The highest BCUT2D eigenvalue weighted by Gasteiger charge is 2.19. The van der Waals surface area contributed by atoms with Crippen molar-refractivity contribution >= 4 is 27.5 Å². The van der Waals surface area contributed by atoms with E-state index in [9.17, 15) is 4.79 Å². The van der Waals surface area contributed by atoms with Gasteiger partial charge in [0.1, 0.15) is 5.75 Å². The Morgan fingerprint density at radius 2 is 2.07 bits per heavy atom. The Morgan fingerprint density at radius 3 is 2.69 bits per heavy atom. The quantitative estimate of drug-likeness (QED) is 0.489. The molecule has 0 amide bonds. The lowest BCUT2D eigenvalue weighted by atomic mass is 10.0. The third-order valence-corrected chi connectivity index (χ3v) is 5.08. The van der Waals surface area contributed by atoms with Gasteiger partial charge in [0.2, 0.25) is 0 Å². The molecule has 0 N–H and O–H groups in total. The number of hydrogen-bond acceptors (Lipinski definition) is 4. The molecular formula is C22H23N5O2. The molecule has 0 saturated carbocycles. The van der Waals surface area contributed by atoms with E-state index in [0.29, 0.717) is 11.6 Å². The minimum atomic E-state index is -0.168. The third-order valence-electron chi connectivity index (χ3n) is 5.08. The standard InChI is InChI=1S/C22H23N5O2/c1-6-8-14(7-2)15-9-16-17(10-19(15)29-5)23-11-18-21(16)27(22(28)26(18)4)20-12-25(3)13-24-20/h7-13H,2,6H2,1,3-5H3/b14-8+. The molecule has 0 aliphatic heterocycles. The fourth-order valence-electron chi connectivity index (χ4n) is 3.67. The number of imidazole rings is 2. The molecule has 4 rings (SSSR count). The first-order chi connectivity index (χ1) is 14.0. The number of aromatic nitrogens is 5. The summed E-state index contributed by atoms with van der Waals surface area (Å²) < 4.78 is 10.7. The maximum atomic E-state index is 13.0. The summed E-state index contributed by atoms with van der Waals surface area (Å²) in [5.74, 6) is 1.28. The maximum absolute atomic E-state index is 13.0. The molecule has 0 radical (unpaired) electrons. The molecule has 0 fully saturated rings. The summed E-state index contributed by atoms with van der Waals surface area (Å²) in [7, 11) is 5.26. The number of rotatable bonds is 5. The molecular weight excluding hydrogens is 366 g/mol. The summed E-state index contributed by atoms with van der Waals surface area (Å²) in [5.41, 5.74) is 3.97. The van der Waals surface area contributed by atoms with Crippen LogP contribution in [0.2, 0.25) is 0 Å². The van der Waals surface area contributed by atoms with Crippen LogP contribution in [0.1, 0.15) is 18.9 Å². The summed E-state index contributed by atoms with van der Waals surface area (Å²) in [6.07, 6.45) is 10.0. The Bertz CT molecular complexity index is 1340. The summed E-state index contributed by atoms with van der Waals surface area (Å²) >= 11 is 0. The second kappa shape index (κ2) is 7.09. The van der Waals surface area contributed by atoms with Crippen LogP contribution in [0.3, 0.4) is 0 Å². The van der Waals surface area contributed by atoms with Crippen LogP contribution in [0.5, 0.6) is 5.75 Å². The molecule has 1 aromatic carbocycles. The number of methoxy groups -OCH3 is 1. The van der Waals surface area contributed by atoms with E-state index in [4.69, 9.17) is 4.74 Å². The summed E-state index contributed by atoms with van der Waals surface area (Å²) in [6.45, 7) is 6.02. The molecule has 3 heterocycles. The van der Waals surface area contributed by atoms with Gasteiger partial charge < -0.3 is 9.30 Å². The monoisotopic (exact) mass is 389 g/mol. The normalized spacial score (nSPS) is 12.1. The van der Waals surface area contributed by atoms with E-state index >= 15 is 0 Å². The van der Waals surface area contributed by atoms with E-state index in [1.165, 1.54) is 0 Å². The summed E-state index contributed by atoms with van der Waals surface area (Å²) in [4.78, 5) is 22.0. The zero-order valence-electron chi connectivity index (χ0n) is 17.0. The minimum absolute atomic E-state index is 0.168. The van der Waals surface area contributed by atoms with E-state index in [2.05, 4.69) is 29.5 Å². The van der Waals surface area contributed by atoms with Gasteiger partial charge in [-0.1, -0.05) is 25.7 Å². The van der Waals surface area contributed by atoms with Gasteiger partial charge in [-0.15, -0.1) is 0 Å². The van der Waals surface area contributed by atoms with Crippen molar-refractivity contribution in [3.8, 4) is 11.6 Å². The van der Waals surface area contributed by atoms with Crippen LogP contribution in [-0.4, -0.2) is 30.8 Å². The lowest BCUT2D eigenvalue weighted by Crippen LogP contribution is -2.21. The molecule has 0 spiro atoms. The van der Waals surface area contributed by atoms with Crippen molar-refractivity contribution < 1.29 is 4.74 Å². The molecule has 29 heavy (non-hydrogen) atoms. The van der Waals surface area contributed by atoms with Gasteiger partial charge in [0, 0.05) is 37.3 Å². The zero-order chi connectivity index (χ0) is 20.7. The van der Waals surface area contributed by atoms with Crippen LogP contribution in [0.15, 0.2) is 54.4 Å². The molecule has 0 saturated heterocycles. The van der Waals surface area contributed by atoms with Gasteiger partial charge in [0.25, 0.3) is 0 Å². The smallest absolute Gasteiger partial charge is 0.334 e. The minimum Gasteiger partial charge on any atom is -0.496 e. The van der Waals surface area contributed by atoms with Crippen molar-refractivity contribution in [3.05, 3.63) is 65.6 Å². The van der Waals surface area contributed by atoms with Crippen LogP contribution in [0.4, 0.5) is 0 Å². The van der Waals surface area contributed by atoms with Gasteiger partial charge in [-0.3, -0.25) is 9.55 Å². The Kier molecular flexibility index (Phi) is 4.58. The predicted molar refractivity (Wildman–Crippen MR) is 116 cm³/mol. The second-order valence-electron chi connectivity index (χ2n) is 6.91. The molecule has 7 nitrogen and oxygen atoms in total. The van der Waals surface area contributed by atoms with Gasteiger partial charge in [0.15, 0.2) is 5.82 Å². The number of ether oxygens (including phenoxy) is 1. The van der Waals surface area contributed by atoms with Crippen molar-refractivity contribution in [1.29, 1.82) is 0 Å². The number of allylic oxidation sites excluding steroid dienone is 3. The zero-order valence-corrected chi connectivity index (χ0v) is 17.0. The van der Waals surface area contributed by atoms with Crippen molar-refractivity contribution in [2.24, 2.45) is 14.1 Å². The first kappa shape index (κ1) is 18.7. The number of pyridine rings is 1. The largest absolute Gasteiger partial charge is 0.496 e. The van der Waals surface area contributed by atoms with E-state index in [0.717, 1.165) is 39.5 Å². The fraction of sp³-hybridized carbons (Fsp3) is 0.227. The van der Waals surface area contributed by atoms with Gasteiger partial charge in [-0.2, -0.15) is 0 Å². The van der Waals surface area contributed by atoms with Crippen molar-refractivity contribution in [3.63, 3.8) is 0 Å². The highest BCUT2D eigenvalue weighted by atomic mass is 16.5. The van der Waals surface area contributed by atoms with Gasteiger partial charge in [-0.25, -0.2) is 14.3 Å². The molecule has 3 aromatic heterocycles. The fourth-order valence-corrected chi connectivity index (χ4v) is 3.67. The molecule has 0 aliphatic rings. The molecule has 0 unspecified atom stereocenters. The highest BCUT2D eigenvalue weighted by molar-refractivity contribution is 6.05. The first-order valence-corrected chi connectivity index (χ1v) is 9.39. The molecule has 7 heteroatoms. The number of hydrogen-bond donors (Lipinski definition) is 0. The maximum Gasteiger partial charge on any atom is 0.334 e. The average molecular weight is 389 g/mol. The average Bonchev–Trinajstić information content (AvgIpc) is 3.26. The van der Waals surface area contributed by atoms with E-state index in [1.54, 1.807) is 35.8 Å². The molecule has 0 aliphatic carbocycles. The van der Waals surface area contributed by atoms with Gasteiger partial charge >= 0.3 is 5.69 Å². The van der Waals surface area contributed by atoms with Crippen LogP contribution in [0.25, 0.3) is 33.3 Å². The van der Waals surface area contributed by atoms with Crippen molar-refractivity contribution in [2.75, 3.05) is 7.11 Å². The first-order valence-electron chi connectivity index (χ1n) is 9.39. The van der Waals surface area contributed by atoms with Crippen molar-refractivity contribution in [1.82, 2.24) is 23.7 Å². The Labute approximate surface area is 168 Å². The third kappa shape index (κ3) is 2.86. The van der Waals surface area contributed by atoms with Crippen LogP contribution in [0, 0.1) is 0 Å². The Morgan fingerprint density at radius 1 is 1.28 bits per heavy atom. The van der Waals surface area contributed by atoms with Gasteiger partial charge in [0.05, 0.1) is 36.2 Å². The number of nitrogens with zero attached hydrogens (tertiary/aromatic N) is 5. The Balaban J connectivity index is 2.17. The summed E-state index contributed by atoms with van der Waals surface area (Å²) in [6, 6.07) is 3.92. The lowest BCUT2D eigenvalue weighted by Gasteiger charge is -2.12. The predicted octanol–water partition coefficient (Wildman–Crippen LogP) is 3.60. The van der Waals surface area contributed by atoms with Crippen LogP contribution in [-0.2, 0) is 14.1 Å². The molecule has 0 bridgehead atoms. The van der Waals surface area contributed by atoms with E-state index in [-0.39, 0.29) is 5.69 Å². The van der Waals surface area contributed by atoms with Gasteiger partial charge in [-0.05, 0) is 18.1 Å². The van der Waals surface area contributed by atoms with Crippen LogP contribution >= 0.6 is 0 Å². The second-order valence-corrected chi connectivity index (χ2v) is 6.91. The lowest BCUT2D eigenvalue weighted by molar-refractivity contribution is 0.414. The topological polar surface area (TPSA) is 66.9 Å². The number of benzene rings is 1. The number of fused-ring (bicyclic) bond motifs is 3. The van der Waals surface area contributed by atoms with E-state index in [1.807, 2.05) is 36.0 Å². The summed E-state index contributed by atoms with van der Waals surface area (Å²) in [5, 5.41) is 0.852. The van der Waals surface area contributed by atoms with Crippen LogP contribution < -0.4 is 10.4 Å². The molecule has 4 aromatic rings. The Hall–Kier alpha value is -3.61.